The number of nitrogens with zero attached hydrogens (tertiary/aromatic N) is 3. The highest BCUT2D eigenvalue weighted by Gasteiger charge is 2.30. The molecule has 1 aliphatic rings. The van der Waals surface area contributed by atoms with Gasteiger partial charge in [-0.15, -0.1) is 0 Å². The van der Waals surface area contributed by atoms with E-state index in [0.717, 1.165) is 29.5 Å². The second-order valence-corrected chi connectivity index (χ2v) is 10.4. The summed E-state index contributed by atoms with van der Waals surface area (Å²) < 4.78 is 34.1. The molecule has 2 aromatic heterocycles. The minimum absolute atomic E-state index is 0.127. The Balaban J connectivity index is 1.49. The number of sulfonamides is 1. The largest absolute Gasteiger partial charge is 0.497 e. The lowest BCUT2D eigenvalue weighted by Gasteiger charge is -2.32. The molecule has 0 atom stereocenters. The van der Waals surface area contributed by atoms with Crippen LogP contribution in [0.4, 0.5) is 0 Å². The molecule has 178 valence electrons. The highest BCUT2D eigenvalue weighted by atomic mass is 32.2. The van der Waals surface area contributed by atoms with Gasteiger partial charge >= 0.3 is 0 Å². The molecule has 3 heterocycles. The van der Waals surface area contributed by atoms with Gasteiger partial charge in [0.2, 0.25) is 10.0 Å². The molecular formula is C24H32N4O4S. The molecule has 1 aromatic carbocycles. The monoisotopic (exact) mass is 472 g/mol. The Morgan fingerprint density at radius 1 is 1.18 bits per heavy atom. The molecule has 0 unspecified atom stereocenters. The van der Waals surface area contributed by atoms with E-state index in [2.05, 4.69) is 17.2 Å². The number of likely N-dealkylation sites (tertiary alicyclic amines) is 1. The fourth-order valence-corrected chi connectivity index (χ4v) is 6.27. The first-order valence-corrected chi connectivity index (χ1v) is 12.8. The number of ether oxygens (including phenoxy) is 1. The third-order valence-corrected chi connectivity index (χ3v) is 8.70. The van der Waals surface area contributed by atoms with Gasteiger partial charge in [-0.05, 0) is 48.6 Å². The van der Waals surface area contributed by atoms with Crippen molar-refractivity contribution >= 4 is 26.8 Å². The van der Waals surface area contributed by atoms with Gasteiger partial charge in [-0.2, -0.15) is 4.31 Å². The summed E-state index contributed by atoms with van der Waals surface area (Å²) >= 11 is 0. The van der Waals surface area contributed by atoms with Crippen LogP contribution in [0.15, 0.2) is 41.6 Å². The van der Waals surface area contributed by atoms with E-state index in [1.165, 1.54) is 22.1 Å². The molecule has 0 radical (unpaired) electrons. The number of methoxy groups -OCH3 is 1. The van der Waals surface area contributed by atoms with Gasteiger partial charge < -0.3 is 19.2 Å². The predicted octanol–water partition coefficient (Wildman–Crippen LogP) is 3.57. The first-order chi connectivity index (χ1) is 15.8. The number of nitrogens with one attached hydrogen (secondary N) is 1. The Bertz CT molecular complexity index is 1250. The molecule has 1 amide bonds. The molecule has 9 heteroatoms. The molecular weight excluding hydrogens is 440 g/mol. The second-order valence-electron chi connectivity index (χ2n) is 8.48. The predicted molar refractivity (Wildman–Crippen MR) is 128 cm³/mol. The summed E-state index contributed by atoms with van der Waals surface area (Å²) in [6.07, 6.45) is 5.30. The fraction of sp³-hybridized carbons (Fsp3) is 0.458. The fourth-order valence-electron chi connectivity index (χ4n) is 4.74. The Kier molecular flexibility index (Phi) is 6.54. The molecule has 0 saturated carbocycles. The van der Waals surface area contributed by atoms with Gasteiger partial charge in [0.1, 0.15) is 16.3 Å². The van der Waals surface area contributed by atoms with Crippen molar-refractivity contribution in [3.05, 3.63) is 47.9 Å². The smallest absolute Gasteiger partial charge is 0.270 e. The van der Waals surface area contributed by atoms with Gasteiger partial charge in [0.05, 0.1) is 7.11 Å². The summed E-state index contributed by atoms with van der Waals surface area (Å²) in [5.41, 5.74) is 2.73. The molecule has 33 heavy (non-hydrogen) atoms. The lowest BCUT2D eigenvalue weighted by molar-refractivity contribution is 0.0703. The number of carbonyl (C=O) groups excluding carboxylic acids is 1. The number of amides is 1. The van der Waals surface area contributed by atoms with E-state index in [1.807, 2.05) is 30.9 Å². The Morgan fingerprint density at radius 3 is 2.52 bits per heavy atom. The summed E-state index contributed by atoms with van der Waals surface area (Å²) in [6, 6.07) is 7.53. The molecule has 0 spiro atoms. The average molecular weight is 473 g/mol. The van der Waals surface area contributed by atoms with Gasteiger partial charge in [0, 0.05) is 56.5 Å². The SMILES string of the molecule is CCN(CC)S(=O)(=O)c1cc(C(=O)N2CCC(c3c[nH]c4ccc(OC)cc34)CC2)n(C)c1. The molecule has 4 rings (SSSR count). The zero-order valence-corrected chi connectivity index (χ0v) is 20.5. The molecule has 1 aliphatic heterocycles. The number of H-pyrrole nitrogens is 1. The number of carbonyl (C=O) groups is 1. The van der Waals surface area contributed by atoms with Crippen LogP contribution in [0.25, 0.3) is 10.9 Å². The van der Waals surface area contributed by atoms with Crippen molar-refractivity contribution < 1.29 is 17.9 Å². The first kappa shape index (κ1) is 23.4. The molecule has 3 aromatic rings. The summed E-state index contributed by atoms with van der Waals surface area (Å²) in [5, 5.41) is 1.16. The molecule has 1 saturated heterocycles. The molecule has 1 fully saturated rings. The zero-order chi connectivity index (χ0) is 23.8. The quantitative estimate of drug-likeness (QED) is 0.570. The summed E-state index contributed by atoms with van der Waals surface area (Å²) in [7, 11) is -0.215. The topological polar surface area (TPSA) is 87.6 Å². The standard InChI is InChI=1S/C24H32N4O4S/c1-5-28(6-2)33(30,31)19-14-23(26(3)16-19)24(29)27-11-9-17(10-12-27)21-15-25-22-8-7-18(32-4)13-20(21)22/h7-8,13-17,25H,5-6,9-12H2,1-4H3. The van der Waals surface area contributed by atoms with E-state index in [0.29, 0.717) is 37.8 Å². The highest BCUT2D eigenvalue weighted by Crippen LogP contribution is 2.35. The Hall–Kier alpha value is -2.78. The minimum Gasteiger partial charge on any atom is -0.497 e. The van der Waals surface area contributed by atoms with Crippen molar-refractivity contribution in [1.82, 2.24) is 18.8 Å². The van der Waals surface area contributed by atoms with E-state index >= 15 is 0 Å². The van der Waals surface area contributed by atoms with Gasteiger partial charge in [-0.3, -0.25) is 4.79 Å². The van der Waals surface area contributed by atoms with Crippen LogP contribution in [0.1, 0.15) is 48.7 Å². The van der Waals surface area contributed by atoms with Crippen molar-refractivity contribution in [2.45, 2.75) is 37.5 Å². The van der Waals surface area contributed by atoms with Crippen LogP contribution in [-0.4, -0.2) is 66.4 Å². The number of aryl methyl sites for hydroxylation is 1. The third kappa shape index (κ3) is 4.27. The Labute approximate surface area is 195 Å². The number of aromatic amines is 1. The maximum atomic E-state index is 13.2. The number of hydrogen-bond donors (Lipinski definition) is 1. The minimum atomic E-state index is -3.60. The maximum absolute atomic E-state index is 13.2. The van der Waals surface area contributed by atoms with Crippen LogP contribution in [-0.2, 0) is 17.1 Å². The van der Waals surface area contributed by atoms with E-state index in [1.54, 1.807) is 18.7 Å². The van der Waals surface area contributed by atoms with Gasteiger partial charge in [-0.1, -0.05) is 13.8 Å². The summed E-state index contributed by atoms with van der Waals surface area (Å²) in [5.74, 6) is 1.05. The lowest BCUT2D eigenvalue weighted by Crippen LogP contribution is -2.38. The number of aromatic nitrogens is 2. The van der Waals surface area contributed by atoms with Crippen molar-refractivity contribution in [2.24, 2.45) is 7.05 Å². The molecule has 0 aliphatic carbocycles. The molecule has 0 bridgehead atoms. The first-order valence-electron chi connectivity index (χ1n) is 11.4. The lowest BCUT2D eigenvalue weighted by atomic mass is 9.89. The normalized spacial score (nSPS) is 15.5. The van der Waals surface area contributed by atoms with Crippen molar-refractivity contribution in [3.8, 4) is 5.75 Å². The zero-order valence-electron chi connectivity index (χ0n) is 19.7. The number of fused-ring (bicyclic) bond motifs is 1. The Morgan fingerprint density at radius 2 is 1.88 bits per heavy atom. The molecule has 8 nitrogen and oxygen atoms in total. The van der Waals surface area contributed by atoms with E-state index in [-0.39, 0.29) is 10.8 Å². The van der Waals surface area contributed by atoms with Gasteiger partial charge in [0.25, 0.3) is 5.91 Å². The van der Waals surface area contributed by atoms with Crippen LogP contribution >= 0.6 is 0 Å². The van der Waals surface area contributed by atoms with Crippen LogP contribution < -0.4 is 4.74 Å². The van der Waals surface area contributed by atoms with E-state index < -0.39 is 10.0 Å². The van der Waals surface area contributed by atoms with Crippen molar-refractivity contribution in [3.63, 3.8) is 0 Å². The van der Waals surface area contributed by atoms with Crippen LogP contribution in [0.2, 0.25) is 0 Å². The number of piperidine rings is 1. The summed E-state index contributed by atoms with van der Waals surface area (Å²) in [4.78, 5) is 18.6. The van der Waals surface area contributed by atoms with Crippen LogP contribution in [0.3, 0.4) is 0 Å². The molecule has 1 N–H and O–H groups in total. The van der Waals surface area contributed by atoms with Gasteiger partial charge in [-0.25, -0.2) is 8.42 Å². The summed E-state index contributed by atoms with van der Waals surface area (Å²) in [6.45, 7) is 5.66. The van der Waals surface area contributed by atoms with Crippen molar-refractivity contribution in [1.29, 1.82) is 0 Å². The van der Waals surface area contributed by atoms with Crippen LogP contribution in [0, 0.1) is 0 Å². The number of hydrogen-bond acceptors (Lipinski definition) is 4. The second kappa shape index (κ2) is 9.23. The van der Waals surface area contributed by atoms with Gasteiger partial charge in [0.15, 0.2) is 0 Å². The average Bonchev–Trinajstić information content (AvgIpc) is 3.43. The maximum Gasteiger partial charge on any atom is 0.270 e. The van der Waals surface area contributed by atoms with E-state index in [9.17, 15) is 13.2 Å². The van der Waals surface area contributed by atoms with Crippen molar-refractivity contribution in [2.75, 3.05) is 33.3 Å². The number of benzene rings is 1. The van der Waals surface area contributed by atoms with E-state index in [4.69, 9.17) is 4.74 Å². The van der Waals surface area contributed by atoms with Crippen LogP contribution in [0.5, 0.6) is 5.75 Å². The third-order valence-electron chi connectivity index (χ3n) is 6.69. The number of rotatable bonds is 7. The highest BCUT2D eigenvalue weighted by molar-refractivity contribution is 7.89.